The maximum Gasteiger partial charge on any atom is 0.275 e. The lowest BCUT2D eigenvalue weighted by Gasteiger charge is -2.35. The minimum atomic E-state index is -0.313. The van der Waals surface area contributed by atoms with Crippen LogP contribution in [-0.4, -0.2) is 11.0 Å². The van der Waals surface area contributed by atoms with E-state index in [0.717, 1.165) is 22.9 Å². The Morgan fingerprint density at radius 1 is 1.50 bits per heavy atom. The third-order valence-corrected chi connectivity index (χ3v) is 4.52. The van der Waals surface area contributed by atoms with Crippen molar-refractivity contribution in [2.24, 2.45) is 5.41 Å². The Morgan fingerprint density at radius 2 is 2.25 bits per heavy atom. The fraction of sp³-hybridized carbons (Fsp3) is 0.600. The molecule has 20 heavy (non-hydrogen) atoms. The minimum Gasteiger partial charge on any atom is -0.310 e. The Kier molecular flexibility index (Phi) is 4.81. The molecule has 0 saturated heterocycles. The van der Waals surface area contributed by atoms with Crippen LogP contribution in [0.2, 0.25) is 0 Å². The number of nitro benzene ring substituents is 1. The van der Waals surface area contributed by atoms with Crippen molar-refractivity contribution in [2.45, 2.75) is 52.1 Å². The van der Waals surface area contributed by atoms with Crippen molar-refractivity contribution in [2.75, 3.05) is 0 Å². The van der Waals surface area contributed by atoms with Gasteiger partial charge in [0.2, 0.25) is 0 Å². The highest BCUT2D eigenvalue weighted by Crippen LogP contribution is 2.35. The molecular formula is C15H21BrN2O2. The van der Waals surface area contributed by atoms with Crippen molar-refractivity contribution in [3.63, 3.8) is 0 Å². The van der Waals surface area contributed by atoms with Crippen LogP contribution in [0, 0.1) is 15.5 Å². The monoisotopic (exact) mass is 340 g/mol. The topological polar surface area (TPSA) is 55.2 Å². The summed E-state index contributed by atoms with van der Waals surface area (Å²) in [6, 6.07) is 5.71. The van der Waals surface area contributed by atoms with Crippen LogP contribution in [0.3, 0.4) is 0 Å². The predicted molar refractivity (Wildman–Crippen MR) is 83.7 cm³/mol. The zero-order chi connectivity index (χ0) is 14.8. The van der Waals surface area contributed by atoms with Gasteiger partial charge < -0.3 is 5.32 Å². The molecule has 0 radical (unpaired) electrons. The van der Waals surface area contributed by atoms with Gasteiger partial charge in [-0.25, -0.2) is 0 Å². The summed E-state index contributed by atoms with van der Waals surface area (Å²) in [7, 11) is 0. The average molecular weight is 341 g/mol. The standard InChI is InChI=1S/C15H21BrN2O2/c1-15(2)7-3-4-13(9-15)17-10-11-5-6-12(16)8-14(11)18(19)20/h5-6,8,13,17H,3-4,7,9-10H2,1-2H3. The summed E-state index contributed by atoms with van der Waals surface area (Å²) in [6.07, 6.45) is 4.79. The fourth-order valence-corrected chi connectivity index (χ4v) is 3.33. The molecule has 0 heterocycles. The summed E-state index contributed by atoms with van der Waals surface area (Å²) in [4.78, 5) is 10.8. The molecule has 110 valence electrons. The van der Waals surface area contributed by atoms with E-state index >= 15 is 0 Å². The second-order valence-electron chi connectivity index (χ2n) is 6.37. The number of hydrogen-bond acceptors (Lipinski definition) is 3. The first kappa shape index (κ1) is 15.4. The van der Waals surface area contributed by atoms with Crippen LogP contribution in [0.1, 0.15) is 45.1 Å². The van der Waals surface area contributed by atoms with Gasteiger partial charge in [-0.1, -0.05) is 36.2 Å². The number of nitrogens with one attached hydrogen (secondary N) is 1. The molecule has 1 atom stereocenters. The molecule has 0 amide bonds. The quantitative estimate of drug-likeness (QED) is 0.652. The van der Waals surface area contributed by atoms with E-state index in [1.54, 1.807) is 6.07 Å². The average Bonchev–Trinajstić information content (AvgIpc) is 2.36. The van der Waals surface area contributed by atoms with Gasteiger partial charge in [0.1, 0.15) is 0 Å². The Bertz CT molecular complexity index is 503. The van der Waals surface area contributed by atoms with Gasteiger partial charge in [0.25, 0.3) is 5.69 Å². The summed E-state index contributed by atoms with van der Waals surface area (Å²) < 4.78 is 0.742. The van der Waals surface area contributed by atoms with Crippen LogP contribution < -0.4 is 5.32 Å². The van der Waals surface area contributed by atoms with E-state index in [2.05, 4.69) is 35.1 Å². The van der Waals surface area contributed by atoms with Crippen molar-refractivity contribution < 1.29 is 4.92 Å². The van der Waals surface area contributed by atoms with Crippen LogP contribution in [0.25, 0.3) is 0 Å². The van der Waals surface area contributed by atoms with E-state index in [0.29, 0.717) is 18.0 Å². The maximum absolute atomic E-state index is 11.1. The molecule has 0 bridgehead atoms. The molecule has 1 saturated carbocycles. The number of halogens is 1. The van der Waals surface area contributed by atoms with Crippen LogP contribution in [0.5, 0.6) is 0 Å². The van der Waals surface area contributed by atoms with Gasteiger partial charge >= 0.3 is 0 Å². The van der Waals surface area contributed by atoms with Crippen LogP contribution in [0.4, 0.5) is 5.69 Å². The lowest BCUT2D eigenvalue weighted by atomic mass is 9.75. The Hall–Kier alpha value is -0.940. The molecule has 1 aromatic carbocycles. The molecule has 0 aliphatic heterocycles. The maximum atomic E-state index is 11.1. The summed E-state index contributed by atoms with van der Waals surface area (Å²) >= 11 is 3.28. The molecule has 2 rings (SSSR count). The first-order chi connectivity index (χ1) is 9.37. The van der Waals surface area contributed by atoms with Crippen LogP contribution >= 0.6 is 15.9 Å². The van der Waals surface area contributed by atoms with Crippen molar-refractivity contribution in [3.8, 4) is 0 Å². The van der Waals surface area contributed by atoms with Gasteiger partial charge in [0.05, 0.1) is 4.92 Å². The van der Waals surface area contributed by atoms with Gasteiger partial charge in [-0.3, -0.25) is 10.1 Å². The molecule has 0 aromatic heterocycles. The highest BCUT2D eigenvalue weighted by Gasteiger charge is 2.27. The first-order valence-electron chi connectivity index (χ1n) is 7.04. The van der Waals surface area contributed by atoms with E-state index in [-0.39, 0.29) is 10.6 Å². The predicted octanol–water partition coefficient (Wildman–Crippen LogP) is 4.42. The zero-order valence-corrected chi connectivity index (χ0v) is 13.6. The SMILES string of the molecule is CC1(C)CCCC(NCc2ccc(Br)cc2[N+](=O)[O-])C1. The Labute approximate surface area is 128 Å². The number of nitro groups is 1. The molecule has 1 N–H and O–H groups in total. The Balaban J connectivity index is 2.02. The molecular weight excluding hydrogens is 320 g/mol. The number of nitrogens with zero attached hydrogens (tertiary/aromatic N) is 1. The fourth-order valence-electron chi connectivity index (χ4n) is 2.98. The minimum absolute atomic E-state index is 0.182. The Morgan fingerprint density at radius 3 is 2.90 bits per heavy atom. The molecule has 5 heteroatoms. The molecule has 0 spiro atoms. The number of benzene rings is 1. The molecule has 1 aliphatic carbocycles. The van der Waals surface area contributed by atoms with Gasteiger partial charge in [0, 0.05) is 28.7 Å². The molecule has 1 aliphatic rings. The third kappa shape index (κ3) is 4.03. The van der Waals surface area contributed by atoms with E-state index in [1.165, 1.54) is 12.8 Å². The van der Waals surface area contributed by atoms with E-state index < -0.39 is 0 Å². The van der Waals surface area contributed by atoms with E-state index in [9.17, 15) is 10.1 Å². The van der Waals surface area contributed by atoms with Crippen LogP contribution in [0.15, 0.2) is 22.7 Å². The highest BCUT2D eigenvalue weighted by molar-refractivity contribution is 9.10. The van der Waals surface area contributed by atoms with E-state index in [4.69, 9.17) is 0 Å². The summed E-state index contributed by atoms with van der Waals surface area (Å²) in [5.41, 5.74) is 1.31. The van der Waals surface area contributed by atoms with Gasteiger partial charge in [-0.05, 0) is 36.8 Å². The summed E-state index contributed by atoms with van der Waals surface area (Å²) in [6.45, 7) is 5.15. The molecule has 4 nitrogen and oxygen atoms in total. The largest absolute Gasteiger partial charge is 0.310 e. The highest BCUT2D eigenvalue weighted by atomic mass is 79.9. The van der Waals surface area contributed by atoms with Gasteiger partial charge in [0.15, 0.2) is 0 Å². The van der Waals surface area contributed by atoms with Crippen molar-refractivity contribution in [3.05, 3.63) is 38.3 Å². The second kappa shape index (κ2) is 6.22. The summed E-state index contributed by atoms with van der Waals surface area (Å²) in [5, 5.41) is 14.6. The molecule has 1 aromatic rings. The van der Waals surface area contributed by atoms with Gasteiger partial charge in [-0.15, -0.1) is 0 Å². The first-order valence-corrected chi connectivity index (χ1v) is 7.83. The third-order valence-electron chi connectivity index (χ3n) is 4.03. The molecule has 1 unspecified atom stereocenters. The van der Waals surface area contributed by atoms with Gasteiger partial charge in [-0.2, -0.15) is 0 Å². The summed E-state index contributed by atoms with van der Waals surface area (Å²) in [5.74, 6) is 0. The number of rotatable bonds is 4. The lowest BCUT2D eigenvalue weighted by molar-refractivity contribution is -0.385. The molecule has 1 fully saturated rings. The normalized spacial score (nSPS) is 21.6. The van der Waals surface area contributed by atoms with Crippen LogP contribution in [-0.2, 0) is 6.54 Å². The second-order valence-corrected chi connectivity index (χ2v) is 7.28. The van der Waals surface area contributed by atoms with E-state index in [1.807, 2.05) is 12.1 Å². The van der Waals surface area contributed by atoms with Crippen molar-refractivity contribution in [1.82, 2.24) is 5.32 Å². The smallest absolute Gasteiger partial charge is 0.275 e. The van der Waals surface area contributed by atoms with Crippen molar-refractivity contribution in [1.29, 1.82) is 0 Å². The zero-order valence-electron chi connectivity index (χ0n) is 12.0. The number of hydrogen-bond donors (Lipinski definition) is 1. The lowest BCUT2D eigenvalue weighted by Crippen LogP contribution is -2.36. The van der Waals surface area contributed by atoms with Crippen molar-refractivity contribution >= 4 is 21.6 Å².